The number of ether oxygens (including phenoxy) is 2. The van der Waals surface area contributed by atoms with E-state index in [0.29, 0.717) is 0 Å². The molecule has 2 aliphatic heterocycles. The smallest absolute Gasteiger partial charge is 0.407 e. The van der Waals surface area contributed by atoms with Gasteiger partial charge in [0.25, 0.3) is 0 Å². The maximum Gasteiger partial charge on any atom is 0.407 e. The maximum absolute atomic E-state index is 12.2. The van der Waals surface area contributed by atoms with Gasteiger partial charge in [0.2, 0.25) is 0 Å². The van der Waals surface area contributed by atoms with Gasteiger partial charge in [-0.05, 0) is 77.1 Å². The van der Waals surface area contributed by atoms with Gasteiger partial charge in [-0.25, -0.2) is 9.48 Å². The van der Waals surface area contributed by atoms with Crippen molar-refractivity contribution in [2.45, 2.75) is 70.7 Å². The Morgan fingerprint density at radius 1 is 1.02 bits per heavy atom. The van der Waals surface area contributed by atoms with E-state index in [4.69, 9.17) is 19.6 Å². The van der Waals surface area contributed by atoms with Crippen molar-refractivity contribution in [3.63, 3.8) is 0 Å². The normalized spacial score (nSPS) is 18.4. The largest absolute Gasteiger partial charge is 0.444 e. The highest BCUT2D eigenvalue weighted by Gasteiger charge is 2.26. The van der Waals surface area contributed by atoms with Gasteiger partial charge in [-0.15, -0.1) is 0 Å². The molecule has 0 bridgehead atoms. The summed E-state index contributed by atoms with van der Waals surface area (Å²) in [5.74, 6) is 0. The molecule has 0 radical (unpaired) electrons. The Kier molecular flexibility index (Phi) is 7.57. The number of piperidine rings is 1. The second kappa shape index (κ2) is 11.4. The summed E-state index contributed by atoms with van der Waals surface area (Å²) in [5, 5.41) is 9.12. The summed E-state index contributed by atoms with van der Waals surface area (Å²) < 4.78 is 13.5. The molecule has 0 aliphatic carbocycles. The highest BCUT2D eigenvalue weighted by atomic mass is 16.6. The van der Waals surface area contributed by atoms with Gasteiger partial charge < -0.3 is 19.7 Å². The topological polar surface area (TPSA) is 107 Å². The minimum atomic E-state index is -0.508. The van der Waals surface area contributed by atoms with Gasteiger partial charge in [-0.1, -0.05) is 0 Å². The van der Waals surface area contributed by atoms with Crippen molar-refractivity contribution in [1.82, 2.24) is 30.0 Å². The molecule has 214 valence electrons. The Labute approximate surface area is 240 Å². The number of nitrogens with one attached hydrogen (secondary N) is 1. The molecule has 10 nitrogen and oxygen atoms in total. The van der Waals surface area contributed by atoms with Gasteiger partial charge in [-0.3, -0.25) is 15.0 Å². The number of alkyl carbamates (subject to hydrolysis) is 1. The van der Waals surface area contributed by atoms with Gasteiger partial charge >= 0.3 is 6.09 Å². The van der Waals surface area contributed by atoms with Crippen LogP contribution >= 0.6 is 0 Å². The van der Waals surface area contributed by atoms with E-state index in [1.807, 2.05) is 62.4 Å². The third kappa shape index (κ3) is 6.17. The number of amides is 1. The predicted molar refractivity (Wildman–Crippen MR) is 157 cm³/mol. The summed E-state index contributed by atoms with van der Waals surface area (Å²) in [6.07, 6.45) is 13.6. The van der Waals surface area contributed by atoms with Crippen molar-refractivity contribution < 1.29 is 14.3 Å². The molecular weight excluding hydrogens is 518 g/mol. The first-order valence-corrected chi connectivity index (χ1v) is 14.4. The molecule has 4 aromatic rings. The fourth-order valence-corrected chi connectivity index (χ4v) is 5.54. The summed E-state index contributed by atoms with van der Waals surface area (Å²) in [7, 11) is 0. The number of anilines is 1. The summed E-state index contributed by atoms with van der Waals surface area (Å²) in [6, 6.07) is 8.27. The van der Waals surface area contributed by atoms with Crippen LogP contribution in [-0.4, -0.2) is 62.2 Å². The first kappa shape index (κ1) is 27.1. The van der Waals surface area contributed by atoms with Crippen LogP contribution in [0.15, 0.2) is 55.2 Å². The zero-order valence-electron chi connectivity index (χ0n) is 23.9. The molecule has 2 aliphatic rings. The second-order valence-corrected chi connectivity index (χ2v) is 11.8. The standard InChI is InChI=1S/C31H37N7O3/c1-31(2,3)41-30(39)35-23-9-12-37(13-10-23)24-15-22(18-33-19-24)29-25-16-26(21-7-6-11-32-17-21)34-20-27(25)38(36-29)28-8-4-5-14-40-28/h6-7,11,15-20,23,28H,4-5,8-10,12-14H2,1-3H3,(H,35,39). The quantitative estimate of drug-likeness (QED) is 0.332. The lowest BCUT2D eigenvalue weighted by molar-refractivity contribution is -0.0365. The average Bonchev–Trinajstić information content (AvgIpc) is 3.37. The number of nitrogens with zero attached hydrogens (tertiary/aromatic N) is 6. The van der Waals surface area contributed by atoms with Crippen molar-refractivity contribution in [3.8, 4) is 22.5 Å². The van der Waals surface area contributed by atoms with E-state index in [9.17, 15) is 4.79 Å². The number of hydrogen-bond acceptors (Lipinski definition) is 8. The molecule has 2 fully saturated rings. The summed E-state index contributed by atoms with van der Waals surface area (Å²) in [4.78, 5) is 28.2. The van der Waals surface area contributed by atoms with Crippen molar-refractivity contribution in [1.29, 1.82) is 0 Å². The number of carbonyl (C=O) groups excluding carboxylic acids is 1. The Morgan fingerprint density at radius 3 is 2.59 bits per heavy atom. The molecule has 41 heavy (non-hydrogen) atoms. The van der Waals surface area contributed by atoms with Crippen LogP contribution in [0.5, 0.6) is 0 Å². The SMILES string of the molecule is CC(C)(C)OC(=O)NC1CCN(c2cncc(-c3nn(C4CCCCO4)c4cnc(-c5cccnc5)cc34)c2)CC1. The number of pyridine rings is 3. The zero-order valence-corrected chi connectivity index (χ0v) is 23.9. The number of carbonyl (C=O) groups is 1. The maximum atomic E-state index is 12.2. The van der Waals surface area contributed by atoms with Gasteiger partial charge in [0.15, 0.2) is 6.23 Å². The molecule has 6 heterocycles. The zero-order chi connectivity index (χ0) is 28.4. The molecule has 1 unspecified atom stereocenters. The van der Waals surface area contributed by atoms with Crippen LogP contribution in [0.4, 0.5) is 10.5 Å². The average molecular weight is 556 g/mol. The summed E-state index contributed by atoms with van der Waals surface area (Å²) >= 11 is 0. The first-order chi connectivity index (χ1) is 19.8. The highest BCUT2D eigenvalue weighted by Crippen LogP contribution is 2.35. The molecular formula is C31H37N7O3. The Balaban J connectivity index is 1.27. The second-order valence-electron chi connectivity index (χ2n) is 11.8. The molecule has 2 saturated heterocycles. The summed E-state index contributed by atoms with van der Waals surface area (Å²) in [5.41, 5.74) is 5.08. The van der Waals surface area contributed by atoms with E-state index in [0.717, 1.165) is 90.9 Å². The van der Waals surface area contributed by atoms with E-state index < -0.39 is 5.60 Å². The van der Waals surface area contributed by atoms with Crippen molar-refractivity contribution >= 4 is 22.7 Å². The number of aromatic nitrogens is 5. The van der Waals surface area contributed by atoms with Crippen molar-refractivity contribution in [2.75, 3.05) is 24.6 Å². The minimum Gasteiger partial charge on any atom is -0.444 e. The Hall–Kier alpha value is -4.05. The molecule has 6 rings (SSSR count). The fraction of sp³-hybridized carbons (Fsp3) is 0.452. The van der Waals surface area contributed by atoms with E-state index in [-0.39, 0.29) is 18.4 Å². The number of rotatable bonds is 5. The molecule has 0 aromatic carbocycles. The van der Waals surface area contributed by atoms with E-state index in [2.05, 4.69) is 32.3 Å². The third-order valence-corrected chi connectivity index (χ3v) is 7.56. The molecule has 10 heteroatoms. The van der Waals surface area contributed by atoms with E-state index >= 15 is 0 Å². The minimum absolute atomic E-state index is 0.0887. The fourth-order valence-electron chi connectivity index (χ4n) is 5.54. The van der Waals surface area contributed by atoms with E-state index in [1.54, 1.807) is 6.20 Å². The Morgan fingerprint density at radius 2 is 1.85 bits per heavy atom. The first-order valence-electron chi connectivity index (χ1n) is 14.4. The van der Waals surface area contributed by atoms with Crippen LogP contribution in [0.2, 0.25) is 0 Å². The molecule has 1 amide bonds. The predicted octanol–water partition coefficient (Wildman–Crippen LogP) is 5.75. The molecule has 0 spiro atoms. The van der Waals surface area contributed by atoms with Gasteiger partial charge in [0.1, 0.15) is 11.3 Å². The number of fused-ring (bicyclic) bond motifs is 1. The molecule has 4 aromatic heterocycles. The van der Waals surface area contributed by atoms with Crippen LogP contribution in [-0.2, 0) is 9.47 Å². The monoisotopic (exact) mass is 555 g/mol. The van der Waals surface area contributed by atoms with Gasteiger partial charge in [0.05, 0.1) is 29.3 Å². The molecule has 1 N–H and O–H groups in total. The van der Waals surface area contributed by atoms with Crippen LogP contribution in [0, 0.1) is 0 Å². The summed E-state index contributed by atoms with van der Waals surface area (Å²) in [6.45, 7) is 7.98. The van der Waals surface area contributed by atoms with Crippen LogP contribution < -0.4 is 10.2 Å². The van der Waals surface area contributed by atoms with Gasteiger partial charge in [-0.2, -0.15) is 5.10 Å². The highest BCUT2D eigenvalue weighted by molar-refractivity contribution is 5.95. The van der Waals surface area contributed by atoms with Crippen LogP contribution in [0.3, 0.4) is 0 Å². The van der Waals surface area contributed by atoms with Crippen molar-refractivity contribution in [3.05, 3.63) is 55.2 Å². The molecule has 1 atom stereocenters. The number of hydrogen-bond donors (Lipinski definition) is 1. The lowest BCUT2D eigenvalue weighted by Crippen LogP contribution is -2.46. The Bertz CT molecular complexity index is 1500. The molecule has 0 saturated carbocycles. The van der Waals surface area contributed by atoms with E-state index in [1.165, 1.54) is 0 Å². The lowest BCUT2D eigenvalue weighted by atomic mass is 10.0. The van der Waals surface area contributed by atoms with Crippen LogP contribution in [0.1, 0.15) is 59.1 Å². The van der Waals surface area contributed by atoms with Crippen molar-refractivity contribution in [2.24, 2.45) is 0 Å². The van der Waals surface area contributed by atoms with Crippen LogP contribution in [0.25, 0.3) is 33.4 Å². The third-order valence-electron chi connectivity index (χ3n) is 7.56. The van der Waals surface area contributed by atoms with Gasteiger partial charge in [0, 0.05) is 60.8 Å². The lowest BCUT2D eigenvalue weighted by Gasteiger charge is -2.34.